The summed E-state index contributed by atoms with van der Waals surface area (Å²) in [5.41, 5.74) is 0. The minimum Gasteiger partial charge on any atom is -0.490 e. The molecule has 0 unspecified atom stereocenters. The van der Waals surface area contributed by atoms with Gasteiger partial charge in [-0.05, 0) is 26.0 Å². The van der Waals surface area contributed by atoms with Crippen molar-refractivity contribution in [3.63, 3.8) is 0 Å². The van der Waals surface area contributed by atoms with Crippen LogP contribution in [0.4, 0.5) is 0 Å². The molecule has 0 saturated heterocycles. The number of benzene rings is 1. The van der Waals surface area contributed by atoms with Gasteiger partial charge < -0.3 is 14.2 Å². The Kier molecular flexibility index (Phi) is 4.64. The van der Waals surface area contributed by atoms with Crippen molar-refractivity contribution < 1.29 is 19.0 Å². The van der Waals surface area contributed by atoms with Gasteiger partial charge in [-0.1, -0.05) is 6.07 Å². The number of hydrogen-bond acceptors (Lipinski definition) is 4. The summed E-state index contributed by atoms with van der Waals surface area (Å²) in [6.07, 6.45) is 0. The minimum atomic E-state index is -0.380. The molecule has 0 spiro atoms. The van der Waals surface area contributed by atoms with Gasteiger partial charge in [-0.15, -0.1) is 0 Å². The predicted molar refractivity (Wildman–Crippen MR) is 60.1 cm³/mol. The molecule has 0 bridgehead atoms. The highest BCUT2D eigenvalue weighted by Gasteiger charge is 2.13. The maximum absolute atomic E-state index is 10.9. The molecule has 0 aliphatic rings. The van der Waals surface area contributed by atoms with Crippen LogP contribution in [0.15, 0.2) is 18.2 Å². The van der Waals surface area contributed by atoms with Gasteiger partial charge in [0.05, 0.1) is 13.2 Å². The second-order valence-electron chi connectivity index (χ2n) is 3.04. The van der Waals surface area contributed by atoms with Crippen molar-refractivity contribution in [3.05, 3.63) is 18.2 Å². The summed E-state index contributed by atoms with van der Waals surface area (Å²) < 4.78 is 15.9. The number of para-hydroxylation sites is 1. The normalized spacial score (nSPS) is 9.69. The minimum absolute atomic E-state index is 0.380. The smallest absolute Gasteiger partial charge is 0.308 e. The van der Waals surface area contributed by atoms with Gasteiger partial charge in [-0.3, -0.25) is 4.79 Å². The molecule has 1 rings (SSSR count). The molecule has 0 atom stereocenters. The lowest BCUT2D eigenvalue weighted by molar-refractivity contribution is -0.132. The maximum Gasteiger partial charge on any atom is 0.308 e. The molecule has 0 N–H and O–H groups in total. The molecule has 0 amide bonds. The maximum atomic E-state index is 10.9. The van der Waals surface area contributed by atoms with Crippen LogP contribution < -0.4 is 14.2 Å². The molecule has 0 aromatic heterocycles. The topological polar surface area (TPSA) is 44.8 Å². The van der Waals surface area contributed by atoms with Gasteiger partial charge in [0.1, 0.15) is 0 Å². The molecule has 4 nitrogen and oxygen atoms in total. The number of ether oxygens (including phenoxy) is 3. The van der Waals surface area contributed by atoms with E-state index in [1.54, 1.807) is 18.2 Å². The highest BCUT2D eigenvalue weighted by atomic mass is 16.6. The molecule has 0 saturated carbocycles. The van der Waals surface area contributed by atoms with Crippen LogP contribution in [-0.2, 0) is 4.79 Å². The predicted octanol–water partition coefficient (Wildman–Crippen LogP) is 2.41. The van der Waals surface area contributed by atoms with Crippen LogP contribution in [-0.4, -0.2) is 19.2 Å². The second-order valence-corrected chi connectivity index (χ2v) is 3.04. The van der Waals surface area contributed by atoms with Crippen molar-refractivity contribution >= 4 is 5.97 Å². The molecule has 0 heterocycles. The first-order chi connectivity index (χ1) is 7.69. The molecule has 1 aromatic carbocycles. The van der Waals surface area contributed by atoms with Crippen LogP contribution >= 0.6 is 0 Å². The van der Waals surface area contributed by atoms with Crippen molar-refractivity contribution in [2.45, 2.75) is 20.8 Å². The zero-order valence-electron chi connectivity index (χ0n) is 9.78. The van der Waals surface area contributed by atoms with E-state index in [2.05, 4.69) is 0 Å². The first-order valence-corrected chi connectivity index (χ1v) is 5.26. The van der Waals surface area contributed by atoms with Gasteiger partial charge in [-0.2, -0.15) is 0 Å². The fraction of sp³-hybridized carbons (Fsp3) is 0.417. The third-order valence-electron chi connectivity index (χ3n) is 1.78. The van der Waals surface area contributed by atoms with Crippen LogP contribution in [0.2, 0.25) is 0 Å². The number of esters is 1. The summed E-state index contributed by atoms with van der Waals surface area (Å²) in [6.45, 7) is 6.11. The fourth-order valence-corrected chi connectivity index (χ4v) is 1.29. The lowest BCUT2D eigenvalue weighted by Gasteiger charge is -2.13. The Bertz CT molecular complexity index is 360. The van der Waals surface area contributed by atoms with Crippen LogP contribution in [0.5, 0.6) is 17.2 Å². The van der Waals surface area contributed by atoms with Crippen molar-refractivity contribution in [1.29, 1.82) is 0 Å². The van der Waals surface area contributed by atoms with E-state index < -0.39 is 0 Å². The largest absolute Gasteiger partial charge is 0.490 e. The Balaban J connectivity index is 3.04. The highest BCUT2D eigenvalue weighted by molar-refractivity contribution is 5.71. The first kappa shape index (κ1) is 12.4. The third kappa shape index (κ3) is 3.15. The Labute approximate surface area is 95.1 Å². The van der Waals surface area contributed by atoms with Crippen LogP contribution in [0, 0.1) is 0 Å². The van der Waals surface area contributed by atoms with E-state index in [0.29, 0.717) is 30.5 Å². The zero-order chi connectivity index (χ0) is 12.0. The van der Waals surface area contributed by atoms with E-state index in [-0.39, 0.29) is 5.97 Å². The molecule has 0 aliphatic carbocycles. The molecule has 16 heavy (non-hydrogen) atoms. The van der Waals surface area contributed by atoms with E-state index in [1.807, 2.05) is 13.8 Å². The van der Waals surface area contributed by atoms with Crippen LogP contribution in [0.25, 0.3) is 0 Å². The Morgan fingerprint density at radius 1 is 1.12 bits per heavy atom. The molecular formula is C12H16O4. The standard InChI is InChI=1S/C12H16O4/c1-4-14-10-7-6-8-11(16-9(3)13)12(10)15-5-2/h6-8H,4-5H2,1-3H3. The summed E-state index contributed by atoms with van der Waals surface area (Å²) in [6, 6.07) is 5.21. The van der Waals surface area contributed by atoms with Crippen molar-refractivity contribution in [2.75, 3.05) is 13.2 Å². The Morgan fingerprint density at radius 2 is 1.75 bits per heavy atom. The second kappa shape index (κ2) is 6.00. The monoisotopic (exact) mass is 224 g/mol. The molecule has 0 fully saturated rings. The third-order valence-corrected chi connectivity index (χ3v) is 1.78. The lowest BCUT2D eigenvalue weighted by atomic mass is 10.3. The van der Waals surface area contributed by atoms with Crippen LogP contribution in [0.1, 0.15) is 20.8 Å². The average molecular weight is 224 g/mol. The highest BCUT2D eigenvalue weighted by Crippen LogP contribution is 2.37. The van der Waals surface area contributed by atoms with E-state index in [0.717, 1.165) is 0 Å². The number of hydrogen-bond donors (Lipinski definition) is 0. The van der Waals surface area contributed by atoms with E-state index in [4.69, 9.17) is 14.2 Å². The van der Waals surface area contributed by atoms with Gasteiger partial charge in [-0.25, -0.2) is 0 Å². The molecule has 4 heteroatoms. The van der Waals surface area contributed by atoms with Gasteiger partial charge in [0.2, 0.25) is 5.75 Å². The van der Waals surface area contributed by atoms with Gasteiger partial charge in [0, 0.05) is 6.92 Å². The average Bonchev–Trinajstić information content (AvgIpc) is 2.22. The summed E-state index contributed by atoms with van der Waals surface area (Å²) in [4.78, 5) is 10.9. The quantitative estimate of drug-likeness (QED) is 0.569. The van der Waals surface area contributed by atoms with E-state index in [9.17, 15) is 4.79 Å². The first-order valence-electron chi connectivity index (χ1n) is 5.26. The van der Waals surface area contributed by atoms with Gasteiger partial charge in [0.25, 0.3) is 0 Å². The van der Waals surface area contributed by atoms with E-state index in [1.165, 1.54) is 6.92 Å². The summed E-state index contributed by atoms with van der Waals surface area (Å²) in [5, 5.41) is 0. The molecule has 0 radical (unpaired) electrons. The van der Waals surface area contributed by atoms with Gasteiger partial charge >= 0.3 is 5.97 Å². The summed E-state index contributed by atoms with van der Waals surface area (Å²) in [5.74, 6) is 1.07. The zero-order valence-corrected chi connectivity index (χ0v) is 9.78. The number of carbonyl (C=O) groups is 1. The van der Waals surface area contributed by atoms with Crippen LogP contribution in [0.3, 0.4) is 0 Å². The Hall–Kier alpha value is -1.71. The fourth-order valence-electron chi connectivity index (χ4n) is 1.29. The Morgan fingerprint density at radius 3 is 2.31 bits per heavy atom. The molecular weight excluding hydrogens is 208 g/mol. The molecule has 0 aliphatic heterocycles. The lowest BCUT2D eigenvalue weighted by Crippen LogP contribution is -2.05. The summed E-state index contributed by atoms with van der Waals surface area (Å²) in [7, 11) is 0. The van der Waals surface area contributed by atoms with Crippen molar-refractivity contribution in [2.24, 2.45) is 0 Å². The molecule has 88 valence electrons. The van der Waals surface area contributed by atoms with Gasteiger partial charge in [0.15, 0.2) is 11.5 Å². The summed E-state index contributed by atoms with van der Waals surface area (Å²) >= 11 is 0. The number of rotatable bonds is 5. The van der Waals surface area contributed by atoms with Crippen molar-refractivity contribution in [1.82, 2.24) is 0 Å². The molecule has 1 aromatic rings. The number of carbonyl (C=O) groups excluding carboxylic acids is 1. The SMILES string of the molecule is CCOc1cccc(OC(C)=O)c1OCC. The van der Waals surface area contributed by atoms with E-state index >= 15 is 0 Å². The van der Waals surface area contributed by atoms with Crippen molar-refractivity contribution in [3.8, 4) is 17.2 Å².